The van der Waals surface area contributed by atoms with Crippen LogP contribution in [0.3, 0.4) is 0 Å². The normalized spacial score (nSPS) is 16.8. The molecule has 0 radical (unpaired) electrons. The molecule has 0 spiro atoms. The van der Waals surface area contributed by atoms with E-state index < -0.39 is 30.3 Å². The molecule has 210 valence electrons. The van der Waals surface area contributed by atoms with Crippen LogP contribution in [0.15, 0.2) is 42.7 Å². The molecule has 3 aromatic rings. The predicted octanol–water partition coefficient (Wildman–Crippen LogP) is 0.356. The van der Waals surface area contributed by atoms with E-state index >= 15 is 0 Å². The van der Waals surface area contributed by atoms with E-state index in [0.717, 1.165) is 22.5 Å². The van der Waals surface area contributed by atoms with Crippen LogP contribution in [-0.4, -0.2) is 87.8 Å². The summed E-state index contributed by atoms with van der Waals surface area (Å²) in [6.45, 7) is 2.40. The zero-order valence-corrected chi connectivity index (χ0v) is 21.5. The third-order valence-electron chi connectivity index (χ3n) is 6.36. The van der Waals surface area contributed by atoms with Gasteiger partial charge in [0.15, 0.2) is 11.7 Å². The van der Waals surface area contributed by atoms with Crippen LogP contribution in [-0.2, 0) is 14.4 Å². The van der Waals surface area contributed by atoms with Crippen LogP contribution in [0.2, 0.25) is 0 Å². The molecule has 3 heterocycles. The lowest BCUT2D eigenvalue weighted by atomic mass is 9.88. The van der Waals surface area contributed by atoms with Gasteiger partial charge in [-0.1, -0.05) is 24.3 Å². The molecule has 10 nitrogen and oxygen atoms in total. The third-order valence-corrected chi connectivity index (χ3v) is 6.36. The lowest BCUT2D eigenvalue weighted by Crippen LogP contribution is -2.71. The molecule has 3 atom stereocenters. The fourth-order valence-electron chi connectivity index (χ4n) is 4.31. The van der Waals surface area contributed by atoms with Gasteiger partial charge in [0.1, 0.15) is 24.4 Å². The molecule has 4 rings (SSSR count). The number of hydrogen-bond donors (Lipinski definition) is 1. The van der Waals surface area contributed by atoms with Crippen molar-refractivity contribution in [1.82, 2.24) is 24.4 Å². The summed E-state index contributed by atoms with van der Waals surface area (Å²) in [5.74, 6) is -4.25. The fourth-order valence-corrected chi connectivity index (χ4v) is 4.31. The van der Waals surface area contributed by atoms with Crippen LogP contribution >= 0.6 is 0 Å². The quantitative estimate of drug-likeness (QED) is 0.454. The Morgan fingerprint density at radius 3 is 2.26 bits per heavy atom. The second kappa shape index (κ2) is 11.8. The van der Waals surface area contributed by atoms with Crippen molar-refractivity contribution in [2.75, 3.05) is 27.2 Å². The Labute approximate surface area is 221 Å². The minimum Gasteiger partial charge on any atom is -0.542 e. The van der Waals surface area contributed by atoms with Gasteiger partial charge in [-0.25, -0.2) is 13.9 Å². The van der Waals surface area contributed by atoms with E-state index in [0.29, 0.717) is 18.5 Å². The minimum absolute atomic E-state index is 0.0662. The molecule has 3 N–H and O–H groups in total. The lowest BCUT2D eigenvalue weighted by Gasteiger charge is -2.26. The number of fused-ring (bicyclic) bond motifs is 1. The van der Waals surface area contributed by atoms with Crippen molar-refractivity contribution in [3.8, 4) is 11.1 Å². The highest BCUT2D eigenvalue weighted by Gasteiger charge is 2.40. The molecule has 0 saturated carbocycles. The van der Waals surface area contributed by atoms with Gasteiger partial charge < -0.3 is 25.4 Å². The maximum absolute atomic E-state index is 13.6. The van der Waals surface area contributed by atoms with Crippen molar-refractivity contribution in [2.45, 2.75) is 37.7 Å². The van der Waals surface area contributed by atoms with Crippen molar-refractivity contribution < 1.29 is 42.8 Å². The van der Waals surface area contributed by atoms with E-state index in [9.17, 15) is 27.2 Å². The van der Waals surface area contributed by atoms with Crippen molar-refractivity contribution >= 4 is 23.4 Å². The molecule has 39 heavy (non-hydrogen) atoms. The van der Waals surface area contributed by atoms with Gasteiger partial charge in [-0.3, -0.25) is 9.59 Å². The summed E-state index contributed by atoms with van der Waals surface area (Å²) in [5.41, 5.74) is 8.42. The molecule has 0 bridgehead atoms. The molecule has 2 aromatic heterocycles. The highest BCUT2D eigenvalue weighted by atomic mass is 19.4. The monoisotopic (exact) mass is 552 g/mol. The average molecular weight is 553 g/mol. The van der Waals surface area contributed by atoms with Crippen LogP contribution < -0.4 is 10.8 Å². The number of aliphatic carboxylic acids is 1. The number of carbonyl (C=O) groups is 3. The number of nitrogens with zero attached hydrogens (tertiary/aromatic N) is 5. The Bertz CT molecular complexity index is 1340. The molecule has 2 amide bonds. The zero-order chi connectivity index (χ0) is 29.1. The topological polar surface area (TPSA) is 139 Å². The van der Waals surface area contributed by atoms with Gasteiger partial charge in [0.05, 0.1) is 6.54 Å². The smallest absolute Gasteiger partial charge is 0.430 e. The van der Waals surface area contributed by atoms with E-state index in [2.05, 4.69) is 15.8 Å². The van der Waals surface area contributed by atoms with Gasteiger partial charge in [-0.05, 0) is 36.6 Å². The summed E-state index contributed by atoms with van der Waals surface area (Å²) < 4.78 is 47.0. The number of rotatable bonds is 5. The number of carbonyl (C=O) groups excluding carboxylic acids is 3. The van der Waals surface area contributed by atoms with E-state index in [-0.39, 0.29) is 18.4 Å². The maximum Gasteiger partial charge on any atom is 0.430 e. The first-order valence-corrected chi connectivity index (χ1v) is 11.9. The number of likely N-dealkylation sites (N-methyl/N-ethyl adjacent to an activating group) is 1. The number of amides is 2. The molecule has 0 aliphatic carbocycles. The summed E-state index contributed by atoms with van der Waals surface area (Å²) in [6.07, 6.45) is -4.36. The van der Waals surface area contributed by atoms with Crippen LogP contribution in [0.4, 0.5) is 17.6 Å². The standard InChI is InChI=1S/C23H27FN6O2.C2HF3O2/c1-14-18(8-9-19-26-13-27-30(14)19)15-4-6-16(7-5-15)20(22(31)28(2)3)21(25)23(32)29-11-10-17(24)12-29;3-2(4,5)1(6)7/h4-9,13,17,20-21H,10-12,25H2,1-3H3;(H,6,7)/t17-,20-,21-;/m0./s1. The number of likely N-dealkylation sites (tertiary alicyclic amines) is 1. The number of hydrogen-bond acceptors (Lipinski definition) is 6. The Balaban J connectivity index is 0.000000532. The molecule has 1 aliphatic heterocycles. The molecule has 14 heteroatoms. The third kappa shape index (κ3) is 6.69. The molecular formula is C25H28F4N6O4. The summed E-state index contributed by atoms with van der Waals surface area (Å²) in [7, 11) is 3.32. The van der Waals surface area contributed by atoms with E-state index in [4.69, 9.17) is 9.90 Å². The van der Waals surface area contributed by atoms with Gasteiger partial charge in [-0.15, -0.1) is 0 Å². The summed E-state index contributed by atoms with van der Waals surface area (Å²) in [6, 6.07) is 10.6. The van der Waals surface area contributed by atoms with Crippen molar-refractivity contribution in [3.63, 3.8) is 0 Å². The van der Waals surface area contributed by atoms with Crippen LogP contribution in [0.25, 0.3) is 16.8 Å². The van der Waals surface area contributed by atoms with Crippen molar-refractivity contribution in [1.29, 1.82) is 0 Å². The predicted molar refractivity (Wildman–Crippen MR) is 128 cm³/mol. The Morgan fingerprint density at radius 1 is 1.13 bits per heavy atom. The van der Waals surface area contributed by atoms with Gasteiger partial charge >= 0.3 is 6.18 Å². The fraction of sp³-hybridized carbons (Fsp3) is 0.400. The molecule has 0 unspecified atom stereocenters. The van der Waals surface area contributed by atoms with Crippen LogP contribution in [0.1, 0.15) is 23.6 Å². The van der Waals surface area contributed by atoms with Gasteiger partial charge in [0.2, 0.25) is 5.91 Å². The SMILES string of the molecule is Cc1c(-c2ccc([C@H](C(=O)N(C)C)[C@H]([NH3+])C(=O)N3CC[C@H](F)C3)cc2)ccc2ncnn12.O=C([O-])C(F)(F)F. The number of carboxylic acids is 1. The summed E-state index contributed by atoms with van der Waals surface area (Å²) in [4.78, 5) is 41.9. The van der Waals surface area contributed by atoms with Gasteiger partial charge in [0.25, 0.3) is 5.91 Å². The Kier molecular flexibility index (Phi) is 8.89. The highest BCUT2D eigenvalue weighted by Crippen LogP contribution is 2.28. The average Bonchev–Trinajstić information content (AvgIpc) is 3.53. The van der Waals surface area contributed by atoms with E-state index in [1.165, 1.54) is 16.1 Å². The van der Waals surface area contributed by atoms with Crippen molar-refractivity contribution in [3.05, 3.63) is 54.0 Å². The molecule has 1 saturated heterocycles. The second-order valence-electron chi connectivity index (χ2n) is 9.26. The number of benzene rings is 1. The van der Waals surface area contributed by atoms with Crippen molar-refractivity contribution in [2.24, 2.45) is 0 Å². The highest BCUT2D eigenvalue weighted by molar-refractivity contribution is 5.92. The largest absolute Gasteiger partial charge is 0.542 e. The van der Waals surface area contributed by atoms with Crippen LogP contribution in [0, 0.1) is 6.92 Å². The Morgan fingerprint density at radius 2 is 1.74 bits per heavy atom. The Hall–Kier alpha value is -4.07. The van der Waals surface area contributed by atoms with E-state index in [1.54, 1.807) is 18.6 Å². The number of aromatic nitrogens is 3. The number of pyridine rings is 1. The first kappa shape index (κ1) is 29.5. The summed E-state index contributed by atoms with van der Waals surface area (Å²) >= 11 is 0. The number of halogens is 4. The minimum atomic E-state index is -5.19. The van der Waals surface area contributed by atoms with Crippen LogP contribution in [0.5, 0.6) is 0 Å². The number of alkyl halides is 4. The lowest BCUT2D eigenvalue weighted by molar-refractivity contribution is -0.409. The first-order chi connectivity index (χ1) is 18.2. The molecule has 1 aromatic carbocycles. The summed E-state index contributed by atoms with van der Waals surface area (Å²) in [5, 5.41) is 13.0. The number of carboxylic acid groups (broad SMARTS) is 1. The maximum atomic E-state index is 13.6. The second-order valence-corrected chi connectivity index (χ2v) is 9.26. The van der Waals surface area contributed by atoms with E-state index in [1.807, 2.05) is 43.3 Å². The molecular weight excluding hydrogens is 524 g/mol. The number of aryl methyl sites for hydroxylation is 1. The van der Waals surface area contributed by atoms with Gasteiger partial charge in [0, 0.05) is 31.9 Å². The zero-order valence-electron chi connectivity index (χ0n) is 21.5. The van der Waals surface area contributed by atoms with Gasteiger partial charge in [-0.2, -0.15) is 18.3 Å². The molecule has 1 aliphatic rings. The molecule has 1 fully saturated rings. The number of quaternary nitrogens is 1. The first-order valence-electron chi connectivity index (χ1n) is 11.9.